The van der Waals surface area contributed by atoms with Gasteiger partial charge in [0.15, 0.2) is 11.8 Å². The number of anilines is 1. The first-order valence-electron chi connectivity index (χ1n) is 10.9. The molecule has 0 unspecified atom stereocenters. The number of carbonyl (C=O) groups is 4. The predicted octanol–water partition coefficient (Wildman–Crippen LogP) is 3.36. The Bertz CT molecular complexity index is 1410. The first-order chi connectivity index (χ1) is 17.1. The Kier molecular flexibility index (Phi) is 5.31. The van der Waals surface area contributed by atoms with Crippen LogP contribution in [-0.4, -0.2) is 47.0 Å². The number of benzene rings is 2. The standard InChI is InChI=1S/C25H17F3N2O6/c1-2-36-24(35)19-16-15(18(29-19)17-20(31)13-8-3-4-9-14(13)21(17)32)22(33)30(23(16)34)12-7-5-6-11(10-12)25(26,27)28/h3-10,15-16,19,31H,2H2,1H3/t15-,16+,19-/m0/s1. The monoisotopic (exact) mass is 498 g/mol. The molecule has 0 spiro atoms. The smallest absolute Gasteiger partial charge is 0.416 e. The molecular weight excluding hydrogens is 481 g/mol. The number of ether oxygens (including phenoxy) is 1. The zero-order chi connectivity index (χ0) is 25.9. The molecule has 8 nitrogen and oxygen atoms in total. The second kappa shape index (κ2) is 8.14. The number of alkyl halides is 3. The van der Waals surface area contributed by atoms with Crippen LogP contribution in [0.1, 0.15) is 28.4 Å². The Morgan fingerprint density at radius 3 is 2.39 bits per heavy atom. The van der Waals surface area contributed by atoms with E-state index >= 15 is 0 Å². The molecule has 2 amide bonds. The van der Waals surface area contributed by atoms with E-state index in [0.717, 1.165) is 18.2 Å². The van der Waals surface area contributed by atoms with Crippen LogP contribution in [0.25, 0.3) is 5.76 Å². The lowest BCUT2D eigenvalue weighted by Gasteiger charge is -2.19. The van der Waals surface area contributed by atoms with Gasteiger partial charge in [-0.1, -0.05) is 30.3 Å². The molecule has 1 aliphatic carbocycles. The van der Waals surface area contributed by atoms with Crippen molar-refractivity contribution in [2.75, 3.05) is 11.5 Å². The van der Waals surface area contributed by atoms with Gasteiger partial charge in [-0.3, -0.25) is 19.4 Å². The highest BCUT2D eigenvalue weighted by Gasteiger charge is 2.61. The van der Waals surface area contributed by atoms with Crippen molar-refractivity contribution in [3.63, 3.8) is 0 Å². The van der Waals surface area contributed by atoms with E-state index in [1.54, 1.807) is 12.1 Å². The van der Waals surface area contributed by atoms with Crippen molar-refractivity contribution in [2.45, 2.75) is 19.1 Å². The number of amides is 2. The lowest BCUT2D eigenvalue weighted by molar-refractivity contribution is -0.147. The Labute approximate surface area is 201 Å². The topological polar surface area (TPSA) is 113 Å². The molecule has 1 N–H and O–H groups in total. The molecule has 1 saturated heterocycles. The van der Waals surface area contributed by atoms with Gasteiger partial charge in [-0.2, -0.15) is 13.2 Å². The van der Waals surface area contributed by atoms with E-state index in [-0.39, 0.29) is 34.7 Å². The predicted molar refractivity (Wildman–Crippen MR) is 119 cm³/mol. The van der Waals surface area contributed by atoms with Crippen molar-refractivity contribution >= 4 is 40.7 Å². The lowest BCUT2D eigenvalue weighted by Crippen LogP contribution is -2.36. The van der Waals surface area contributed by atoms with Crippen LogP contribution >= 0.6 is 0 Å². The number of carbonyl (C=O) groups excluding carboxylic acids is 4. The maximum Gasteiger partial charge on any atom is 0.416 e. The third-order valence-electron chi connectivity index (χ3n) is 6.37. The fraction of sp³-hybridized carbons (Fsp3) is 0.240. The van der Waals surface area contributed by atoms with Crippen LogP contribution < -0.4 is 4.90 Å². The van der Waals surface area contributed by atoms with E-state index in [9.17, 15) is 37.5 Å². The highest BCUT2D eigenvalue weighted by Crippen LogP contribution is 2.45. The van der Waals surface area contributed by atoms with Crippen LogP contribution in [0.15, 0.2) is 59.1 Å². The summed E-state index contributed by atoms with van der Waals surface area (Å²) in [6.45, 7) is 1.46. The van der Waals surface area contributed by atoms with E-state index < -0.39 is 58.9 Å². The normalized spacial score (nSPS) is 23.2. The van der Waals surface area contributed by atoms with Crippen LogP contribution in [0.5, 0.6) is 0 Å². The fourth-order valence-electron chi connectivity index (χ4n) is 4.83. The molecule has 3 aliphatic rings. The molecule has 1 fully saturated rings. The number of Topliss-reactive ketones (excluding diaryl/α,β-unsaturated/α-hetero) is 1. The molecule has 0 aromatic heterocycles. The molecule has 5 rings (SSSR count). The van der Waals surface area contributed by atoms with Gasteiger partial charge < -0.3 is 9.84 Å². The summed E-state index contributed by atoms with van der Waals surface area (Å²) in [5, 5.41) is 10.8. The average Bonchev–Trinajstić information content (AvgIpc) is 3.43. The molecular formula is C25H17F3N2O6. The molecule has 0 radical (unpaired) electrons. The number of halogens is 3. The van der Waals surface area contributed by atoms with Crippen LogP contribution in [0.4, 0.5) is 18.9 Å². The van der Waals surface area contributed by atoms with Crippen LogP contribution in [-0.2, 0) is 25.3 Å². The van der Waals surface area contributed by atoms with Gasteiger partial charge in [0.05, 0.1) is 41.0 Å². The first kappa shape index (κ1) is 23.5. The van der Waals surface area contributed by atoms with Crippen molar-refractivity contribution in [2.24, 2.45) is 16.8 Å². The van der Waals surface area contributed by atoms with Crippen molar-refractivity contribution in [3.8, 4) is 0 Å². The number of aliphatic hydroxyl groups is 1. The Hall–Kier alpha value is -4.28. The summed E-state index contributed by atoms with van der Waals surface area (Å²) in [5.74, 6) is -6.88. The minimum atomic E-state index is -4.73. The molecule has 184 valence electrons. The fourth-order valence-corrected chi connectivity index (χ4v) is 4.83. The van der Waals surface area contributed by atoms with Gasteiger partial charge >= 0.3 is 12.1 Å². The van der Waals surface area contributed by atoms with Crippen LogP contribution in [0.3, 0.4) is 0 Å². The van der Waals surface area contributed by atoms with Gasteiger partial charge in [-0.15, -0.1) is 0 Å². The largest absolute Gasteiger partial charge is 0.506 e. The maximum absolute atomic E-state index is 13.5. The van der Waals surface area contributed by atoms with E-state index in [2.05, 4.69) is 4.99 Å². The van der Waals surface area contributed by atoms with E-state index in [1.165, 1.54) is 19.1 Å². The number of allylic oxidation sites excluding steroid dienone is 1. The molecule has 36 heavy (non-hydrogen) atoms. The van der Waals surface area contributed by atoms with Crippen molar-refractivity contribution in [1.82, 2.24) is 0 Å². The quantitative estimate of drug-likeness (QED) is 0.511. The number of aliphatic hydroxyl groups excluding tert-OH is 1. The molecule has 2 heterocycles. The number of imide groups is 1. The summed E-state index contributed by atoms with van der Waals surface area (Å²) < 4.78 is 44.8. The van der Waals surface area contributed by atoms with Gasteiger partial charge in [-0.05, 0) is 25.1 Å². The molecule has 11 heteroatoms. The van der Waals surface area contributed by atoms with Gasteiger partial charge in [-0.25, -0.2) is 9.69 Å². The summed E-state index contributed by atoms with van der Waals surface area (Å²) in [6.07, 6.45) is -4.73. The van der Waals surface area contributed by atoms with Crippen molar-refractivity contribution < 1.29 is 42.2 Å². The van der Waals surface area contributed by atoms with Gasteiger partial charge in [0.1, 0.15) is 5.76 Å². The summed E-state index contributed by atoms with van der Waals surface area (Å²) in [4.78, 5) is 57.5. The van der Waals surface area contributed by atoms with Crippen molar-refractivity contribution in [3.05, 3.63) is 70.8 Å². The molecule has 3 atom stereocenters. The highest BCUT2D eigenvalue weighted by molar-refractivity contribution is 6.42. The summed E-state index contributed by atoms with van der Waals surface area (Å²) >= 11 is 0. The Balaban J connectivity index is 1.62. The zero-order valence-corrected chi connectivity index (χ0v) is 18.6. The zero-order valence-electron chi connectivity index (χ0n) is 18.6. The van der Waals surface area contributed by atoms with Crippen LogP contribution in [0, 0.1) is 11.8 Å². The maximum atomic E-state index is 13.5. The second-order valence-corrected chi connectivity index (χ2v) is 8.37. The third-order valence-corrected chi connectivity index (χ3v) is 6.37. The molecule has 2 aromatic rings. The SMILES string of the molecule is CCOC(=O)[C@H]1N=C(C2=C(O)c3ccccc3C2=O)[C@H]2C(=O)N(c3cccc(C(F)(F)F)c3)C(=O)[C@H]21. The Morgan fingerprint density at radius 1 is 1.06 bits per heavy atom. The number of ketones is 1. The number of esters is 1. The minimum absolute atomic E-state index is 0.0601. The third kappa shape index (κ3) is 3.34. The number of hydrogen-bond donors (Lipinski definition) is 1. The molecule has 2 aliphatic heterocycles. The molecule has 2 aromatic carbocycles. The second-order valence-electron chi connectivity index (χ2n) is 8.37. The number of hydrogen-bond acceptors (Lipinski definition) is 7. The summed E-state index contributed by atoms with van der Waals surface area (Å²) in [5.41, 5.74) is -1.67. The Morgan fingerprint density at radius 2 is 1.75 bits per heavy atom. The molecule has 0 bridgehead atoms. The van der Waals surface area contributed by atoms with Crippen LogP contribution in [0.2, 0.25) is 0 Å². The number of nitrogens with zero attached hydrogens (tertiary/aromatic N) is 2. The summed E-state index contributed by atoms with van der Waals surface area (Å²) in [7, 11) is 0. The minimum Gasteiger partial charge on any atom is -0.506 e. The van der Waals surface area contributed by atoms with E-state index in [4.69, 9.17) is 4.74 Å². The number of aliphatic imine (C=N–C) groups is 1. The average molecular weight is 498 g/mol. The summed E-state index contributed by atoms with van der Waals surface area (Å²) in [6, 6.07) is 8.26. The van der Waals surface area contributed by atoms with Crippen molar-refractivity contribution in [1.29, 1.82) is 0 Å². The lowest BCUT2D eigenvalue weighted by atomic mass is 9.85. The van der Waals surface area contributed by atoms with Gasteiger partial charge in [0.25, 0.3) is 0 Å². The van der Waals surface area contributed by atoms with E-state index in [1.807, 2.05) is 0 Å². The van der Waals surface area contributed by atoms with Gasteiger partial charge in [0.2, 0.25) is 11.8 Å². The highest BCUT2D eigenvalue weighted by atomic mass is 19.4. The number of fused-ring (bicyclic) bond motifs is 2. The molecule has 0 saturated carbocycles. The van der Waals surface area contributed by atoms with E-state index in [0.29, 0.717) is 11.0 Å². The van der Waals surface area contributed by atoms with Gasteiger partial charge in [0, 0.05) is 11.1 Å². The first-order valence-corrected chi connectivity index (χ1v) is 10.9. The number of rotatable bonds is 4.